The highest BCUT2D eigenvalue weighted by molar-refractivity contribution is 6.27. The molecule has 1 aliphatic heterocycles. The van der Waals surface area contributed by atoms with Crippen LogP contribution in [0, 0.1) is 5.41 Å². The third kappa shape index (κ3) is 7.55. The van der Waals surface area contributed by atoms with E-state index in [0.717, 1.165) is 77.1 Å². The number of alkyl halides is 2. The molecule has 7 heteroatoms. The van der Waals surface area contributed by atoms with Crippen LogP contribution in [-0.4, -0.2) is 29.8 Å². The van der Waals surface area contributed by atoms with E-state index in [-0.39, 0.29) is 28.9 Å². The van der Waals surface area contributed by atoms with E-state index in [1.807, 2.05) is 18.2 Å². The molecule has 2 fully saturated rings. The van der Waals surface area contributed by atoms with Gasteiger partial charge in [-0.2, -0.15) is 0 Å². The van der Waals surface area contributed by atoms with Gasteiger partial charge in [0.25, 0.3) is 0 Å². The zero-order valence-electron chi connectivity index (χ0n) is 31.0. The Balaban J connectivity index is 1.45. The fourth-order valence-corrected chi connectivity index (χ4v) is 8.49. The van der Waals surface area contributed by atoms with Crippen molar-refractivity contribution in [2.45, 2.75) is 128 Å². The Morgan fingerprint density at radius 2 is 1.50 bits per heavy atom. The SMILES string of the molecule is CC(=O)CCCc1cccc(Oc2cc(C(C)(C)C)cc3cc4c(c(-c5cc(C6CCC(F)CC6)cc(C6CCC(F)CC6)c5)c23)C(N)=NC4=N)c1. The van der Waals surface area contributed by atoms with Crippen molar-refractivity contribution >= 4 is 28.2 Å². The molecule has 0 amide bonds. The van der Waals surface area contributed by atoms with Gasteiger partial charge in [0.15, 0.2) is 5.84 Å². The first-order valence-corrected chi connectivity index (χ1v) is 19.1. The van der Waals surface area contributed by atoms with Crippen LogP contribution in [-0.2, 0) is 16.6 Å². The second-order valence-corrected chi connectivity index (χ2v) is 16.4. The highest BCUT2D eigenvalue weighted by Gasteiger charge is 2.31. The first kappa shape index (κ1) is 36.0. The number of carbonyl (C=O) groups is 1. The number of benzene rings is 4. The number of aryl methyl sites for hydroxylation is 1. The molecule has 7 rings (SSSR count). The minimum Gasteiger partial charge on any atom is -0.457 e. The number of nitrogens with zero attached hydrogens (tertiary/aromatic N) is 1. The Morgan fingerprint density at radius 3 is 2.10 bits per heavy atom. The molecule has 0 saturated heterocycles. The number of nitrogens with one attached hydrogen (secondary N) is 1. The summed E-state index contributed by atoms with van der Waals surface area (Å²) in [5, 5.41) is 10.7. The molecule has 0 bridgehead atoms. The van der Waals surface area contributed by atoms with E-state index in [4.69, 9.17) is 15.9 Å². The molecule has 2 saturated carbocycles. The van der Waals surface area contributed by atoms with E-state index in [1.54, 1.807) is 6.92 Å². The first-order valence-electron chi connectivity index (χ1n) is 19.1. The van der Waals surface area contributed by atoms with E-state index < -0.39 is 12.3 Å². The number of nitrogens with two attached hydrogens (primary N) is 1. The number of carbonyl (C=O) groups excluding carboxylic acids is 1. The van der Waals surface area contributed by atoms with Gasteiger partial charge in [0.05, 0.1) is 0 Å². The van der Waals surface area contributed by atoms with E-state index in [1.165, 1.54) is 11.1 Å². The van der Waals surface area contributed by atoms with Crippen molar-refractivity contribution < 1.29 is 18.3 Å². The van der Waals surface area contributed by atoms with Crippen LogP contribution in [0.25, 0.3) is 21.9 Å². The average molecular weight is 704 g/mol. The van der Waals surface area contributed by atoms with Crippen LogP contribution in [0.4, 0.5) is 8.78 Å². The summed E-state index contributed by atoms with van der Waals surface area (Å²) in [6, 6.07) is 21.2. The van der Waals surface area contributed by atoms with E-state index in [0.29, 0.717) is 55.0 Å². The first-order chi connectivity index (χ1) is 24.8. The summed E-state index contributed by atoms with van der Waals surface area (Å²) >= 11 is 0. The molecule has 2 aliphatic carbocycles. The van der Waals surface area contributed by atoms with Gasteiger partial charge in [-0.1, -0.05) is 57.2 Å². The number of fused-ring (bicyclic) bond motifs is 2. The number of aliphatic imine (C=N–C) groups is 1. The van der Waals surface area contributed by atoms with Crippen molar-refractivity contribution in [2.24, 2.45) is 10.7 Å². The van der Waals surface area contributed by atoms with Gasteiger partial charge in [-0.3, -0.25) is 5.41 Å². The summed E-state index contributed by atoms with van der Waals surface area (Å²) < 4.78 is 35.7. The number of halogens is 2. The summed E-state index contributed by atoms with van der Waals surface area (Å²) in [5.41, 5.74) is 14.3. The van der Waals surface area contributed by atoms with E-state index >= 15 is 0 Å². The monoisotopic (exact) mass is 703 g/mol. The largest absolute Gasteiger partial charge is 0.457 e. The van der Waals surface area contributed by atoms with Crippen LogP contribution in [0.1, 0.15) is 137 Å². The van der Waals surface area contributed by atoms with Crippen molar-refractivity contribution in [1.82, 2.24) is 0 Å². The quantitative estimate of drug-likeness (QED) is 0.182. The van der Waals surface area contributed by atoms with Crippen molar-refractivity contribution in [3.05, 3.63) is 94.0 Å². The Kier molecular flexibility index (Phi) is 10.1. The minimum atomic E-state index is -0.758. The fraction of sp³-hybridized carbons (Fsp3) is 0.444. The number of Topliss-reactive ketones (excluding diaryl/α,β-unsaturated/α-hetero) is 1. The molecule has 3 aliphatic rings. The van der Waals surface area contributed by atoms with Gasteiger partial charge < -0.3 is 15.3 Å². The van der Waals surface area contributed by atoms with Gasteiger partial charge >= 0.3 is 0 Å². The van der Waals surface area contributed by atoms with E-state index in [9.17, 15) is 13.6 Å². The molecule has 0 atom stereocenters. The lowest BCUT2D eigenvalue weighted by atomic mass is 9.77. The summed E-state index contributed by atoms with van der Waals surface area (Å²) in [4.78, 5) is 16.1. The Bertz CT molecular complexity index is 2010. The van der Waals surface area contributed by atoms with Gasteiger partial charge in [-0.15, -0.1) is 0 Å². The third-order valence-electron chi connectivity index (χ3n) is 11.5. The fourth-order valence-electron chi connectivity index (χ4n) is 8.49. The van der Waals surface area contributed by atoms with Crippen LogP contribution in [0.5, 0.6) is 11.5 Å². The zero-order valence-corrected chi connectivity index (χ0v) is 31.0. The standard InChI is InChI=1S/C45H51F2N3O2/c1-26(51)7-5-8-27-9-6-10-37(19-27)52-39-25-34(45(2,3)4)23-33-24-38-42(44(49)50-43(38)48)41(40(33)39)32-21-30(28-11-15-35(46)16-12-28)20-31(22-32)29-13-17-36(47)18-14-29/h6,9-10,19-25,28-29,35-36H,5,7-8,11-18H2,1-4H3,(H3,48,49,50). The maximum Gasteiger partial charge on any atom is 0.154 e. The predicted octanol–water partition coefficient (Wildman–Crippen LogP) is 11.5. The molecular formula is C45H51F2N3O2. The number of ketones is 1. The number of rotatable bonds is 9. The Labute approximate surface area is 306 Å². The molecule has 0 spiro atoms. The maximum absolute atomic E-state index is 14.4. The van der Waals surface area contributed by atoms with Gasteiger partial charge in [0, 0.05) is 28.5 Å². The molecule has 3 N–H and O–H groups in total. The third-order valence-corrected chi connectivity index (χ3v) is 11.5. The van der Waals surface area contributed by atoms with Crippen molar-refractivity contribution in [1.29, 1.82) is 5.41 Å². The second-order valence-electron chi connectivity index (χ2n) is 16.4. The molecule has 4 aromatic carbocycles. The summed E-state index contributed by atoms with van der Waals surface area (Å²) in [5.74, 6) is 2.47. The Hall–Kier alpha value is -4.39. The summed E-state index contributed by atoms with van der Waals surface area (Å²) in [6.45, 7) is 8.17. The molecule has 1 heterocycles. The highest BCUT2D eigenvalue weighted by atomic mass is 19.1. The number of ether oxygens (including phenoxy) is 1. The average Bonchev–Trinajstić information content (AvgIpc) is 3.39. The van der Waals surface area contributed by atoms with Gasteiger partial charge in [-0.05, 0) is 146 Å². The highest BCUT2D eigenvalue weighted by Crippen LogP contribution is 2.47. The molecule has 5 nitrogen and oxygen atoms in total. The molecule has 0 radical (unpaired) electrons. The maximum atomic E-state index is 14.4. The lowest BCUT2D eigenvalue weighted by Crippen LogP contribution is -2.17. The van der Waals surface area contributed by atoms with Crippen molar-refractivity contribution in [3.63, 3.8) is 0 Å². The number of amidine groups is 2. The van der Waals surface area contributed by atoms with Gasteiger partial charge in [-0.25, -0.2) is 13.8 Å². The van der Waals surface area contributed by atoms with Crippen LogP contribution in [0.3, 0.4) is 0 Å². The molecule has 0 aromatic heterocycles. The van der Waals surface area contributed by atoms with Crippen molar-refractivity contribution in [3.8, 4) is 22.6 Å². The van der Waals surface area contributed by atoms with Crippen LogP contribution in [0.2, 0.25) is 0 Å². The zero-order chi connectivity index (χ0) is 36.7. The van der Waals surface area contributed by atoms with Crippen LogP contribution >= 0.6 is 0 Å². The minimum absolute atomic E-state index is 0.136. The predicted molar refractivity (Wildman–Crippen MR) is 208 cm³/mol. The normalized spacial score (nSPS) is 22.0. The second kappa shape index (κ2) is 14.6. The van der Waals surface area contributed by atoms with Gasteiger partial charge in [0.2, 0.25) is 0 Å². The topological polar surface area (TPSA) is 88.5 Å². The molecular weight excluding hydrogens is 653 g/mol. The lowest BCUT2D eigenvalue weighted by Gasteiger charge is -2.29. The number of hydrogen-bond donors (Lipinski definition) is 2. The smallest absolute Gasteiger partial charge is 0.154 e. The molecule has 0 unspecified atom stereocenters. The van der Waals surface area contributed by atoms with E-state index in [2.05, 4.69) is 68.2 Å². The molecule has 4 aromatic rings. The van der Waals surface area contributed by atoms with Crippen molar-refractivity contribution in [2.75, 3.05) is 0 Å². The summed E-state index contributed by atoms with van der Waals surface area (Å²) in [6.07, 6.45) is 5.95. The molecule has 52 heavy (non-hydrogen) atoms. The molecule has 272 valence electrons. The number of hydrogen-bond acceptors (Lipinski definition) is 4. The Morgan fingerprint density at radius 1 is 0.865 bits per heavy atom. The van der Waals surface area contributed by atoms with Crippen LogP contribution < -0.4 is 10.5 Å². The summed E-state index contributed by atoms with van der Waals surface area (Å²) in [7, 11) is 0. The van der Waals surface area contributed by atoms with Gasteiger partial charge in [0.1, 0.15) is 35.5 Å². The van der Waals surface area contributed by atoms with Crippen LogP contribution in [0.15, 0.2) is 65.7 Å². The lowest BCUT2D eigenvalue weighted by molar-refractivity contribution is -0.117.